The van der Waals surface area contributed by atoms with E-state index in [1.165, 1.54) is 19.2 Å². The second-order valence-corrected chi connectivity index (χ2v) is 9.24. The van der Waals surface area contributed by atoms with Gasteiger partial charge in [-0.25, -0.2) is 8.42 Å². The van der Waals surface area contributed by atoms with E-state index in [1.54, 1.807) is 24.4 Å². The Bertz CT molecular complexity index is 1030. The van der Waals surface area contributed by atoms with Crippen molar-refractivity contribution in [1.29, 1.82) is 0 Å². The maximum absolute atomic E-state index is 12.4. The third-order valence-corrected chi connectivity index (χ3v) is 6.99. The van der Waals surface area contributed by atoms with E-state index in [2.05, 4.69) is 10.3 Å². The van der Waals surface area contributed by atoms with Crippen molar-refractivity contribution in [3.63, 3.8) is 0 Å². The number of aromatic nitrogens is 1. The molecule has 0 aliphatic rings. The first-order chi connectivity index (χ1) is 11.9. The largest absolute Gasteiger partial charge is 0.323 e. The van der Waals surface area contributed by atoms with Gasteiger partial charge in [-0.1, -0.05) is 29.8 Å². The van der Waals surface area contributed by atoms with Crippen LogP contribution in [0.4, 0.5) is 5.69 Å². The van der Waals surface area contributed by atoms with Crippen LogP contribution in [-0.2, 0) is 14.8 Å². The maximum Gasteiger partial charge on any atom is 0.252 e. The highest BCUT2D eigenvalue weighted by Crippen LogP contribution is 2.27. The summed E-state index contributed by atoms with van der Waals surface area (Å²) in [5.74, 6) is -0.452. The SMILES string of the molecule is CN(CC(=O)Nc1cccc2cccnc12)S(=O)(=O)c1ccc(Cl)s1. The summed E-state index contributed by atoms with van der Waals surface area (Å²) < 4.78 is 26.3. The number of anilines is 1. The Balaban J connectivity index is 1.76. The number of likely N-dealkylation sites (N-methyl/N-ethyl adjacent to an activating group) is 1. The van der Waals surface area contributed by atoms with Crippen molar-refractivity contribution in [2.24, 2.45) is 0 Å². The average Bonchev–Trinajstić information content (AvgIpc) is 3.02. The molecule has 3 aromatic rings. The van der Waals surface area contributed by atoms with Gasteiger partial charge < -0.3 is 5.32 Å². The van der Waals surface area contributed by atoms with E-state index in [1.807, 2.05) is 12.1 Å². The molecule has 2 aromatic heterocycles. The van der Waals surface area contributed by atoms with Crippen molar-refractivity contribution < 1.29 is 13.2 Å². The Hall–Kier alpha value is -2.00. The smallest absolute Gasteiger partial charge is 0.252 e. The summed E-state index contributed by atoms with van der Waals surface area (Å²) >= 11 is 6.74. The van der Waals surface area contributed by atoms with Crippen LogP contribution in [0.25, 0.3) is 10.9 Å². The minimum absolute atomic E-state index is 0.0969. The van der Waals surface area contributed by atoms with Crippen LogP contribution in [0.2, 0.25) is 4.34 Å². The molecule has 3 rings (SSSR count). The van der Waals surface area contributed by atoms with Gasteiger partial charge in [0, 0.05) is 18.6 Å². The van der Waals surface area contributed by atoms with Crippen LogP contribution in [0, 0.1) is 0 Å². The molecule has 0 spiro atoms. The van der Waals surface area contributed by atoms with E-state index in [4.69, 9.17) is 11.6 Å². The number of amides is 1. The van der Waals surface area contributed by atoms with Gasteiger partial charge in [0.25, 0.3) is 10.0 Å². The van der Waals surface area contributed by atoms with Crippen molar-refractivity contribution in [1.82, 2.24) is 9.29 Å². The quantitative estimate of drug-likeness (QED) is 0.719. The van der Waals surface area contributed by atoms with E-state index in [0.717, 1.165) is 21.0 Å². The van der Waals surface area contributed by atoms with Crippen LogP contribution in [0.3, 0.4) is 0 Å². The molecule has 9 heteroatoms. The third kappa shape index (κ3) is 3.82. The van der Waals surface area contributed by atoms with Gasteiger partial charge in [0.05, 0.1) is 22.1 Å². The van der Waals surface area contributed by atoms with Crippen molar-refractivity contribution >= 4 is 55.5 Å². The summed E-state index contributed by atoms with van der Waals surface area (Å²) in [7, 11) is -2.41. The molecule has 6 nitrogen and oxygen atoms in total. The molecule has 0 fully saturated rings. The molecule has 0 atom stereocenters. The molecule has 0 bridgehead atoms. The molecular formula is C16H14ClN3O3S2. The van der Waals surface area contributed by atoms with E-state index in [0.29, 0.717) is 15.5 Å². The van der Waals surface area contributed by atoms with Crippen LogP contribution in [0.1, 0.15) is 0 Å². The van der Waals surface area contributed by atoms with Crippen LogP contribution in [0.5, 0.6) is 0 Å². The number of rotatable bonds is 5. The van der Waals surface area contributed by atoms with Gasteiger partial charge in [-0.05, 0) is 24.3 Å². The summed E-state index contributed by atoms with van der Waals surface area (Å²) in [6.07, 6.45) is 1.63. The zero-order chi connectivity index (χ0) is 18.0. The number of halogens is 1. The summed E-state index contributed by atoms with van der Waals surface area (Å²) in [6, 6.07) is 12.0. The van der Waals surface area contributed by atoms with Gasteiger partial charge >= 0.3 is 0 Å². The number of fused-ring (bicyclic) bond motifs is 1. The molecular weight excluding hydrogens is 382 g/mol. The number of pyridine rings is 1. The predicted octanol–water partition coefficient (Wildman–Crippen LogP) is 3.21. The zero-order valence-electron chi connectivity index (χ0n) is 13.1. The fourth-order valence-electron chi connectivity index (χ4n) is 2.27. The number of sulfonamides is 1. The van der Waals surface area contributed by atoms with Gasteiger partial charge in [-0.2, -0.15) is 4.31 Å². The molecule has 0 aliphatic heterocycles. The lowest BCUT2D eigenvalue weighted by molar-refractivity contribution is -0.116. The predicted molar refractivity (Wildman–Crippen MR) is 99.5 cm³/mol. The van der Waals surface area contributed by atoms with Gasteiger partial charge in [-0.3, -0.25) is 9.78 Å². The highest BCUT2D eigenvalue weighted by molar-refractivity contribution is 7.91. The summed E-state index contributed by atoms with van der Waals surface area (Å²) in [6.45, 7) is -0.318. The van der Waals surface area contributed by atoms with Crippen LogP contribution in [0.15, 0.2) is 52.9 Å². The number of carbonyl (C=O) groups is 1. The molecule has 130 valence electrons. The molecule has 0 unspecified atom stereocenters. The number of nitrogens with one attached hydrogen (secondary N) is 1. The maximum atomic E-state index is 12.4. The lowest BCUT2D eigenvalue weighted by Crippen LogP contribution is -2.34. The first kappa shape index (κ1) is 17.8. The Morgan fingerprint density at radius 1 is 1.24 bits per heavy atom. The van der Waals surface area contributed by atoms with Crippen LogP contribution in [-0.4, -0.2) is 37.2 Å². The van der Waals surface area contributed by atoms with Crippen molar-refractivity contribution in [3.05, 3.63) is 53.0 Å². The van der Waals surface area contributed by atoms with E-state index < -0.39 is 15.9 Å². The summed E-state index contributed by atoms with van der Waals surface area (Å²) in [5.41, 5.74) is 1.18. The topological polar surface area (TPSA) is 79.4 Å². The number of carbonyl (C=O) groups excluding carboxylic acids is 1. The number of para-hydroxylation sites is 1. The minimum Gasteiger partial charge on any atom is -0.323 e. The third-order valence-electron chi connectivity index (χ3n) is 3.49. The standard InChI is InChI=1S/C16H14ClN3O3S2/c1-20(25(22,23)15-8-7-13(17)24-15)10-14(21)19-12-6-2-4-11-5-3-9-18-16(11)12/h2-9H,10H2,1H3,(H,19,21). The number of thiophene rings is 1. The molecule has 1 N–H and O–H groups in total. The van der Waals surface area contributed by atoms with Gasteiger partial charge in [0.15, 0.2) is 0 Å². The lowest BCUT2D eigenvalue weighted by atomic mass is 10.2. The molecule has 0 aliphatic carbocycles. The fraction of sp³-hybridized carbons (Fsp3) is 0.125. The fourth-order valence-corrected chi connectivity index (χ4v) is 5.09. The minimum atomic E-state index is -3.76. The lowest BCUT2D eigenvalue weighted by Gasteiger charge is -2.16. The normalized spacial score (nSPS) is 11.8. The summed E-state index contributed by atoms with van der Waals surface area (Å²) in [4.78, 5) is 16.5. The van der Waals surface area contributed by atoms with Crippen molar-refractivity contribution in [2.45, 2.75) is 4.21 Å². The second kappa shape index (κ2) is 7.09. The molecule has 0 saturated carbocycles. The van der Waals surface area contributed by atoms with Crippen molar-refractivity contribution in [3.8, 4) is 0 Å². The van der Waals surface area contributed by atoms with E-state index in [-0.39, 0.29) is 10.8 Å². The number of hydrogen-bond donors (Lipinski definition) is 1. The Labute approximate surface area is 154 Å². The molecule has 25 heavy (non-hydrogen) atoms. The summed E-state index contributed by atoms with van der Waals surface area (Å²) in [5, 5.41) is 3.60. The van der Waals surface area contributed by atoms with Crippen LogP contribution >= 0.6 is 22.9 Å². The number of benzene rings is 1. The highest BCUT2D eigenvalue weighted by Gasteiger charge is 2.24. The Morgan fingerprint density at radius 2 is 2.00 bits per heavy atom. The molecule has 1 amide bonds. The Morgan fingerprint density at radius 3 is 2.72 bits per heavy atom. The van der Waals surface area contributed by atoms with Gasteiger partial charge in [-0.15, -0.1) is 11.3 Å². The van der Waals surface area contributed by atoms with E-state index >= 15 is 0 Å². The van der Waals surface area contributed by atoms with E-state index in [9.17, 15) is 13.2 Å². The molecule has 0 radical (unpaired) electrons. The Kier molecular flexibility index (Phi) is 5.05. The number of hydrogen-bond acceptors (Lipinski definition) is 5. The number of nitrogens with zero attached hydrogens (tertiary/aromatic N) is 2. The zero-order valence-corrected chi connectivity index (χ0v) is 15.5. The first-order valence-electron chi connectivity index (χ1n) is 7.23. The van der Waals surface area contributed by atoms with Gasteiger partial charge in [0.1, 0.15) is 4.21 Å². The second-order valence-electron chi connectivity index (χ2n) is 5.25. The molecule has 2 heterocycles. The average molecular weight is 396 g/mol. The highest BCUT2D eigenvalue weighted by atomic mass is 35.5. The van der Waals surface area contributed by atoms with Crippen LogP contribution < -0.4 is 5.32 Å². The van der Waals surface area contributed by atoms with Crippen molar-refractivity contribution in [2.75, 3.05) is 18.9 Å². The molecule has 0 saturated heterocycles. The first-order valence-corrected chi connectivity index (χ1v) is 9.86. The monoisotopic (exact) mass is 395 g/mol. The molecule has 1 aromatic carbocycles. The van der Waals surface area contributed by atoms with Gasteiger partial charge in [0.2, 0.25) is 5.91 Å².